The number of carbonyl (C=O) groups is 1. The number of hydrogen-bond donors (Lipinski definition) is 1. The van der Waals surface area contributed by atoms with Gasteiger partial charge in [-0.25, -0.2) is 4.39 Å². The van der Waals surface area contributed by atoms with Gasteiger partial charge in [-0.15, -0.1) is 0 Å². The zero-order chi connectivity index (χ0) is 20.5. The van der Waals surface area contributed by atoms with E-state index >= 15 is 0 Å². The number of rotatable bonds is 5. The first-order chi connectivity index (χ1) is 13.9. The van der Waals surface area contributed by atoms with Gasteiger partial charge in [0.25, 0.3) is 5.69 Å². The van der Waals surface area contributed by atoms with Gasteiger partial charge in [0.05, 0.1) is 4.92 Å². The number of aromatic nitrogens is 1. The van der Waals surface area contributed by atoms with Crippen LogP contribution in [0.4, 0.5) is 10.1 Å². The summed E-state index contributed by atoms with van der Waals surface area (Å²) in [7, 11) is 0. The second-order valence-electron chi connectivity index (χ2n) is 7.60. The Hall–Kier alpha value is -3.22. The number of aryl methyl sites for hydroxylation is 1. The van der Waals surface area contributed by atoms with Crippen molar-refractivity contribution in [1.29, 1.82) is 0 Å². The minimum absolute atomic E-state index is 0.0202. The Kier molecular flexibility index (Phi) is 5.05. The molecule has 1 fully saturated rings. The molecule has 2 aromatic carbocycles. The predicted molar refractivity (Wildman–Crippen MR) is 108 cm³/mol. The third kappa shape index (κ3) is 3.72. The summed E-state index contributed by atoms with van der Waals surface area (Å²) in [6.45, 7) is 3.32. The van der Waals surface area contributed by atoms with Crippen LogP contribution in [0.2, 0.25) is 0 Å². The average molecular weight is 395 g/mol. The van der Waals surface area contributed by atoms with Crippen LogP contribution in [0, 0.1) is 22.9 Å². The van der Waals surface area contributed by atoms with E-state index in [1.165, 1.54) is 18.2 Å². The van der Waals surface area contributed by atoms with Crippen molar-refractivity contribution < 1.29 is 14.1 Å². The quantitative estimate of drug-likeness (QED) is 0.504. The summed E-state index contributed by atoms with van der Waals surface area (Å²) in [6.07, 6.45) is 3.82. The molecule has 1 aliphatic rings. The molecule has 7 heteroatoms. The van der Waals surface area contributed by atoms with E-state index < -0.39 is 10.8 Å². The highest BCUT2D eigenvalue weighted by Gasteiger charge is 2.28. The standard InChI is InChI=1S/C22H22FN3O3/c1-14-4-6-20(23)17(10-14)16(12-22(27)25-8-2-3-9-25)19-13-24-21-7-5-15(26(28)29)11-18(19)21/h4-7,10-11,13,16,24H,2-3,8-9,12H2,1H3. The van der Waals surface area contributed by atoms with E-state index in [4.69, 9.17) is 0 Å². The predicted octanol–water partition coefficient (Wildman–Crippen LogP) is 4.67. The number of hydrogen-bond acceptors (Lipinski definition) is 3. The number of non-ortho nitro benzene ring substituents is 1. The first-order valence-electron chi connectivity index (χ1n) is 9.73. The van der Waals surface area contributed by atoms with Crippen molar-refractivity contribution in [3.8, 4) is 0 Å². The highest BCUT2D eigenvalue weighted by Crippen LogP contribution is 2.37. The van der Waals surface area contributed by atoms with Crippen LogP contribution in [-0.2, 0) is 4.79 Å². The molecule has 150 valence electrons. The third-order valence-electron chi connectivity index (χ3n) is 5.65. The van der Waals surface area contributed by atoms with Gasteiger partial charge in [-0.1, -0.05) is 17.7 Å². The van der Waals surface area contributed by atoms with Gasteiger partial charge < -0.3 is 9.88 Å². The van der Waals surface area contributed by atoms with Gasteiger partial charge >= 0.3 is 0 Å². The Balaban J connectivity index is 1.82. The maximum absolute atomic E-state index is 14.8. The zero-order valence-electron chi connectivity index (χ0n) is 16.2. The molecule has 0 aliphatic carbocycles. The second-order valence-corrected chi connectivity index (χ2v) is 7.60. The van der Waals surface area contributed by atoms with Gasteiger partial charge in [-0.3, -0.25) is 14.9 Å². The van der Waals surface area contributed by atoms with Crippen LogP contribution in [-0.4, -0.2) is 33.8 Å². The largest absolute Gasteiger partial charge is 0.361 e. The molecule has 1 N–H and O–H groups in total. The summed E-state index contributed by atoms with van der Waals surface area (Å²) in [5.74, 6) is -0.929. The molecule has 29 heavy (non-hydrogen) atoms. The SMILES string of the molecule is Cc1ccc(F)c(C(CC(=O)N2CCCC2)c2c[nH]c3ccc([N+](=O)[O-])cc23)c1. The molecule has 1 saturated heterocycles. The Morgan fingerprint density at radius 3 is 2.69 bits per heavy atom. The van der Waals surface area contributed by atoms with E-state index in [0.717, 1.165) is 37.0 Å². The summed E-state index contributed by atoms with van der Waals surface area (Å²) in [4.78, 5) is 28.6. The molecule has 4 rings (SSSR count). The lowest BCUT2D eigenvalue weighted by Crippen LogP contribution is -2.29. The summed E-state index contributed by atoms with van der Waals surface area (Å²) >= 11 is 0. The first-order valence-corrected chi connectivity index (χ1v) is 9.73. The number of carbonyl (C=O) groups excluding carboxylic acids is 1. The van der Waals surface area contributed by atoms with Gasteiger partial charge in [-0.2, -0.15) is 0 Å². The lowest BCUT2D eigenvalue weighted by Gasteiger charge is -2.22. The van der Waals surface area contributed by atoms with Crippen molar-refractivity contribution in [3.63, 3.8) is 0 Å². The molecule has 0 saturated carbocycles. The number of fused-ring (bicyclic) bond motifs is 1. The van der Waals surface area contributed by atoms with E-state index in [0.29, 0.717) is 16.5 Å². The number of amides is 1. The molecule has 6 nitrogen and oxygen atoms in total. The minimum Gasteiger partial charge on any atom is -0.361 e. The van der Waals surface area contributed by atoms with E-state index in [9.17, 15) is 19.3 Å². The maximum atomic E-state index is 14.8. The number of benzene rings is 2. The van der Waals surface area contributed by atoms with E-state index in [-0.39, 0.29) is 23.8 Å². The number of halogens is 1. The van der Waals surface area contributed by atoms with Crippen molar-refractivity contribution in [3.05, 3.63) is 75.2 Å². The maximum Gasteiger partial charge on any atom is 0.270 e. The molecule has 0 radical (unpaired) electrons. The smallest absolute Gasteiger partial charge is 0.270 e. The fourth-order valence-electron chi connectivity index (χ4n) is 4.12. The van der Waals surface area contributed by atoms with Gasteiger partial charge in [0.15, 0.2) is 0 Å². The summed E-state index contributed by atoms with van der Waals surface area (Å²) < 4.78 is 14.8. The summed E-state index contributed by atoms with van der Waals surface area (Å²) in [6, 6.07) is 9.42. The van der Waals surface area contributed by atoms with Crippen LogP contribution in [0.5, 0.6) is 0 Å². The molecule has 0 spiro atoms. The fourth-order valence-corrected chi connectivity index (χ4v) is 4.12. The highest BCUT2D eigenvalue weighted by atomic mass is 19.1. The van der Waals surface area contributed by atoms with Crippen LogP contribution >= 0.6 is 0 Å². The van der Waals surface area contributed by atoms with Crippen molar-refractivity contribution in [2.75, 3.05) is 13.1 Å². The molecular weight excluding hydrogens is 373 g/mol. The first kappa shape index (κ1) is 19.1. The lowest BCUT2D eigenvalue weighted by molar-refractivity contribution is -0.384. The van der Waals surface area contributed by atoms with Crippen LogP contribution in [0.1, 0.15) is 41.9 Å². The Labute approximate surface area is 167 Å². The van der Waals surface area contributed by atoms with Crippen molar-refractivity contribution in [2.45, 2.75) is 32.1 Å². The molecule has 1 aromatic heterocycles. The molecule has 3 aromatic rings. The van der Waals surface area contributed by atoms with Gasteiger partial charge in [-0.05, 0) is 43.0 Å². The Bertz CT molecular complexity index is 1090. The molecule has 1 amide bonds. The van der Waals surface area contributed by atoms with E-state index in [1.807, 2.05) is 11.8 Å². The lowest BCUT2D eigenvalue weighted by atomic mass is 9.86. The van der Waals surface area contributed by atoms with Crippen LogP contribution in [0.15, 0.2) is 42.6 Å². The van der Waals surface area contributed by atoms with Crippen molar-refractivity contribution in [1.82, 2.24) is 9.88 Å². The normalized spacial score (nSPS) is 15.0. The van der Waals surface area contributed by atoms with E-state index in [2.05, 4.69) is 4.98 Å². The molecule has 1 atom stereocenters. The molecule has 2 heterocycles. The molecule has 1 aliphatic heterocycles. The summed E-state index contributed by atoms with van der Waals surface area (Å²) in [5.41, 5.74) is 2.71. The number of nitrogens with one attached hydrogen (secondary N) is 1. The number of likely N-dealkylation sites (tertiary alicyclic amines) is 1. The van der Waals surface area contributed by atoms with Gasteiger partial charge in [0.2, 0.25) is 5.91 Å². The molecule has 0 bridgehead atoms. The Morgan fingerprint density at radius 2 is 1.97 bits per heavy atom. The monoisotopic (exact) mass is 395 g/mol. The van der Waals surface area contributed by atoms with Crippen LogP contribution < -0.4 is 0 Å². The number of nitro benzene ring substituents is 1. The van der Waals surface area contributed by atoms with E-state index in [1.54, 1.807) is 24.4 Å². The highest BCUT2D eigenvalue weighted by molar-refractivity contribution is 5.87. The van der Waals surface area contributed by atoms with Gasteiger partial charge in [0.1, 0.15) is 5.82 Å². The molecular formula is C22H22FN3O3. The second kappa shape index (κ2) is 7.66. The van der Waals surface area contributed by atoms with Gasteiger partial charge in [0, 0.05) is 54.7 Å². The van der Waals surface area contributed by atoms with Crippen LogP contribution in [0.25, 0.3) is 10.9 Å². The number of H-pyrrole nitrogens is 1. The fraction of sp³-hybridized carbons (Fsp3) is 0.318. The number of nitro groups is 1. The van der Waals surface area contributed by atoms with Crippen molar-refractivity contribution in [2.24, 2.45) is 0 Å². The topological polar surface area (TPSA) is 79.2 Å². The number of nitrogens with zero attached hydrogens (tertiary/aromatic N) is 2. The Morgan fingerprint density at radius 1 is 1.21 bits per heavy atom. The molecule has 1 unspecified atom stereocenters. The van der Waals surface area contributed by atoms with Crippen LogP contribution in [0.3, 0.4) is 0 Å². The average Bonchev–Trinajstić information content (AvgIpc) is 3.37. The zero-order valence-corrected chi connectivity index (χ0v) is 16.2. The third-order valence-corrected chi connectivity index (χ3v) is 5.65. The number of aromatic amines is 1. The minimum atomic E-state index is -0.529. The van der Waals surface area contributed by atoms with Crippen molar-refractivity contribution >= 4 is 22.5 Å². The summed E-state index contributed by atoms with van der Waals surface area (Å²) in [5, 5.41) is 11.9.